The third-order valence-corrected chi connectivity index (χ3v) is 0. The van der Waals surface area contributed by atoms with Crippen LogP contribution in [0.4, 0.5) is 0 Å². The predicted octanol–water partition coefficient (Wildman–Crippen LogP) is -1.90. The molecule has 0 aliphatic carbocycles. The second-order valence-corrected chi connectivity index (χ2v) is 2.45. The minimum absolute atomic E-state index is 0. The summed E-state index contributed by atoms with van der Waals surface area (Å²) in [7, 11) is -4.33. The van der Waals surface area contributed by atoms with Crippen molar-refractivity contribution in [2.75, 3.05) is 0 Å². The average molecular weight is 184 g/mol. The van der Waals surface area contributed by atoms with Gasteiger partial charge in [-0.15, -0.1) is 9.05 Å². The fourth-order valence-electron chi connectivity index (χ4n) is 0. The minimum atomic E-state index is -4.33. The molecule has 0 fully saturated rings. The van der Waals surface area contributed by atoms with E-state index in [1.165, 1.54) is 0 Å². The molecule has 0 saturated heterocycles. The monoisotopic (exact) mass is 184 g/mol. The lowest BCUT2D eigenvalue weighted by atomic mass is 14.0. The zero-order valence-electron chi connectivity index (χ0n) is 5.04. The molecule has 0 aliphatic rings. The highest BCUT2D eigenvalue weighted by molar-refractivity contribution is 8.26. The van der Waals surface area contributed by atoms with E-state index < -0.39 is 9.05 Å². The molecule has 0 rings (SSSR count). The Kier molecular flexibility index (Phi) is 43.2. The van der Waals surface area contributed by atoms with Gasteiger partial charge in [0, 0.05) is 0 Å². The molecule has 0 unspecified atom stereocenters. The van der Waals surface area contributed by atoms with Gasteiger partial charge in [0.1, 0.15) is 0 Å². The second kappa shape index (κ2) is 11.0. The molecule has 0 aromatic carbocycles. The summed E-state index contributed by atoms with van der Waals surface area (Å²) >= 11 is 3.24. The van der Waals surface area contributed by atoms with E-state index in [0.29, 0.717) is 0 Å². The number of hydrogen-bond acceptors (Lipinski definition) is 4. The Bertz CT molecular complexity index is 96.1. The van der Waals surface area contributed by atoms with Gasteiger partial charge in [-0.2, -0.15) is 0 Å². The highest BCUT2D eigenvalue weighted by Gasteiger charge is 1.43. The van der Waals surface area contributed by atoms with Crippen molar-refractivity contribution in [2.24, 2.45) is 0 Å². The molecule has 9 heteroatoms. The van der Waals surface area contributed by atoms with Gasteiger partial charge in [0.25, 0.3) is 0 Å². The lowest BCUT2D eigenvalue weighted by Crippen LogP contribution is -1.88. The minimum Gasteiger partial charge on any atom is -0.780 e. The first-order chi connectivity index (χ1) is 2.00. The highest BCUT2D eigenvalue weighted by Crippen LogP contribution is 1.60. The van der Waals surface area contributed by atoms with E-state index in [1.54, 1.807) is 0 Å². The number of rotatable bonds is 0. The van der Waals surface area contributed by atoms with Gasteiger partial charge in [-0.1, -0.05) is 0 Å². The largest absolute Gasteiger partial charge is 0.780 e. The predicted molar refractivity (Wildman–Crippen MR) is 36.3 cm³/mol. The summed E-state index contributed by atoms with van der Waals surface area (Å²) in [6.45, 7) is 0. The zero-order chi connectivity index (χ0) is 4.50. The van der Waals surface area contributed by atoms with Crippen molar-refractivity contribution >= 4 is 20.2 Å². The molecule has 0 radical (unpaired) electrons. The van der Waals surface area contributed by atoms with Crippen molar-refractivity contribution in [2.45, 2.75) is 0 Å². The Morgan fingerprint density at radius 1 is 1.11 bits per heavy atom. The Morgan fingerprint density at radius 3 is 1.11 bits per heavy atom. The quantitative estimate of drug-likeness (QED) is 0.442. The van der Waals surface area contributed by atoms with E-state index in [9.17, 15) is 0 Å². The smallest absolute Gasteiger partial charge is 0.0484 e. The maximum Gasteiger partial charge on any atom is -0.0484 e. The van der Waals surface area contributed by atoms with E-state index in [-0.39, 0.29) is 23.3 Å². The molecule has 0 amide bonds. The van der Waals surface area contributed by atoms with Crippen LogP contribution in [0.2, 0.25) is 0 Å². The SMILES string of the molecule is O.O.O=S([O-])([O-])=S.[NH4+].[NH4+]. The van der Waals surface area contributed by atoms with Crippen LogP contribution in [-0.2, 0) is 20.2 Å². The first-order valence-corrected chi connectivity index (χ1v) is 3.00. The van der Waals surface area contributed by atoms with Gasteiger partial charge in [-0.25, -0.2) is 0 Å². The summed E-state index contributed by atoms with van der Waals surface area (Å²) < 4.78 is 26.7. The number of hydrogen-bond donors (Lipinski definition) is 2. The van der Waals surface area contributed by atoms with Crippen LogP contribution < -0.4 is 12.3 Å². The van der Waals surface area contributed by atoms with Crippen molar-refractivity contribution in [1.82, 2.24) is 12.3 Å². The van der Waals surface area contributed by atoms with Crippen molar-refractivity contribution in [1.29, 1.82) is 0 Å². The molecular formula is H12N2O5S2. The normalized spacial score (nSPS) is 6.44. The topological polar surface area (TPSA) is 199 Å². The summed E-state index contributed by atoms with van der Waals surface area (Å²) in [6, 6.07) is 0. The first kappa shape index (κ1) is 35.4. The zero-order valence-corrected chi connectivity index (χ0v) is 6.67. The van der Waals surface area contributed by atoms with Crippen molar-refractivity contribution in [3.8, 4) is 0 Å². The van der Waals surface area contributed by atoms with E-state index in [1.807, 2.05) is 0 Å². The second-order valence-electron chi connectivity index (χ2n) is 0.408. The molecule has 0 aromatic heterocycles. The standard InChI is InChI=1S/2H3N.H2O3S2.2H2O/c;;1-5(2,3)4;;/h2*1H3;(H2,1,2,3,4);2*1H2. The molecule has 0 saturated carbocycles. The summed E-state index contributed by atoms with van der Waals surface area (Å²) in [4.78, 5) is 0. The first-order valence-electron chi connectivity index (χ1n) is 0.667. The molecule has 7 nitrogen and oxygen atoms in total. The maximum absolute atomic E-state index is 8.89. The molecule has 9 heavy (non-hydrogen) atoms. The van der Waals surface area contributed by atoms with Crippen LogP contribution in [0.5, 0.6) is 0 Å². The van der Waals surface area contributed by atoms with E-state index in [4.69, 9.17) is 13.3 Å². The molecule has 64 valence electrons. The summed E-state index contributed by atoms with van der Waals surface area (Å²) in [5, 5.41) is 0. The van der Waals surface area contributed by atoms with Crippen LogP contribution >= 0.6 is 0 Å². The molecule has 0 aromatic rings. The van der Waals surface area contributed by atoms with E-state index in [2.05, 4.69) is 11.2 Å². The van der Waals surface area contributed by atoms with Crippen LogP contribution in [0, 0.1) is 0 Å². The molecule has 0 bridgehead atoms. The van der Waals surface area contributed by atoms with Gasteiger partial charge in [-0.05, 0) is 11.2 Å². The van der Waals surface area contributed by atoms with Crippen LogP contribution in [0.25, 0.3) is 0 Å². The van der Waals surface area contributed by atoms with Gasteiger partial charge in [0.05, 0.1) is 0 Å². The average Bonchev–Trinajstić information content (AvgIpc) is 0.722. The fraction of sp³-hybridized carbons (Fsp3) is 0. The van der Waals surface area contributed by atoms with E-state index >= 15 is 0 Å². The van der Waals surface area contributed by atoms with Crippen LogP contribution in [0.15, 0.2) is 0 Å². The summed E-state index contributed by atoms with van der Waals surface area (Å²) in [5.74, 6) is 0. The highest BCUT2D eigenvalue weighted by atomic mass is 32.9. The van der Waals surface area contributed by atoms with Gasteiger partial charge >= 0.3 is 0 Å². The van der Waals surface area contributed by atoms with Crippen molar-refractivity contribution in [3.05, 3.63) is 0 Å². The van der Waals surface area contributed by atoms with Gasteiger partial charge in [0.15, 0.2) is 0 Å². The third kappa shape index (κ3) is 18100. The Labute approximate surface area is 57.6 Å². The molecule has 0 spiro atoms. The molecular weight excluding hydrogens is 172 g/mol. The van der Waals surface area contributed by atoms with E-state index in [0.717, 1.165) is 0 Å². The van der Waals surface area contributed by atoms with Crippen LogP contribution in [0.3, 0.4) is 0 Å². The molecule has 0 heterocycles. The Morgan fingerprint density at radius 2 is 1.11 bits per heavy atom. The Balaban J connectivity index is -0.0000000133. The Hall–Kier alpha value is 0.130. The molecule has 12 N–H and O–H groups in total. The summed E-state index contributed by atoms with van der Waals surface area (Å²) in [6.07, 6.45) is 0. The van der Waals surface area contributed by atoms with Gasteiger partial charge < -0.3 is 32.4 Å². The lowest BCUT2D eigenvalue weighted by molar-refractivity contribution is 0.416. The number of quaternary nitrogens is 2. The fourth-order valence-corrected chi connectivity index (χ4v) is 0. The lowest BCUT2D eigenvalue weighted by Gasteiger charge is -2.12. The molecule has 0 aliphatic heterocycles. The van der Waals surface area contributed by atoms with Crippen molar-refractivity contribution < 1.29 is 24.3 Å². The van der Waals surface area contributed by atoms with Gasteiger partial charge in [0.2, 0.25) is 0 Å². The van der Waals surface area contributed by atoms with Crippen LogP contribution in [-0.4, -0.2) is 24.3 Å². The third-order valence-electron chi connectivity index (χ3n) is 0. The van der Waals surface area contributed by atoms with Gasteiger partial charge in [-0.3, -0.25) is 4.21 Å². The summed E-state index contributed by atoms with van der Waals surface area (Å²) in [5.41, 5.74) is 0. The maximum atomic E-state index is 8.89. The van der Waals surface area contributed by atoms with Crippen LogP contribution in [0.1, 0.15) is 0 Å². The van der Waals surface area contributed by atoms with Crippen molar-refractivity contribution in [3.63, 3.8) is 0 Å². The molecule has 0 atom stereocenters.